The van der Waals surface area contributed by atoms with Gasteiger partial charge in [-0.25, -0.2) is 9.40 Å². The Morgan fingerprint density at radius 3 is 2.55 bits per heavy atom. The van der Waals surface area contributed by atoms with Gasteiger partial charge in [-0.15, -0.1) is 12.4 Å². The number of hydrazine groups is 1. The van der Waals surface area contributed by atoms with Gasteiger partial charge in [-0.3, -0.25) is 19.3 Å². The number of aromatic nitrogens is 2. The van der Waals surface area contributed by atoms with Crippen molar-refractivity contribution in [1.82, 2.24) is 30.4 Å². The molecule has 1 aromatic heterocycles. The van der Waals surface area contributed by atoms with Crippen LogP contribution in [0.5, 0.6) is 0 Å². The van der Waals surface area contributed by atoms with E-state index in [1.165, 1.54) is 12.1 Å². The van der Waals surface area contributed by atoms with Crippen LogP contribution in [0, 0.1) is 19.7 Å². The van der Waals surface area contributed by atoms with Gasteiger partial charge in [-0.05, 0) is 61.3 Å². The fraction of sp³-hybridized carbons (Fsp3) is 0.444. The predicted molar refractivity (Wildman–Crippen MR) is 150 cm³/mol. The number of hydrogen-bond acceptors (Lipinski definition) is 6. The number of hydrogen-bond donors (Lipinski definition) is 2. The first-order valence-electron chi connectivity index (χ1n) is 12.6. The molecular formula is C27H37ClFN7O2. The number of anilines is 1. The largest absolute Gasteiger partial charge is 0.353 e. The van der Waals surface area contributed by atoms with Crippen molar-refractivity contribution < 1.29 is 14.0 Å². The molecule has 9 nitrogen and oxygen atoms in total. The van der Waals surface area contributed by atoms with Crippen molar-refractivity contribution in [3.8, 4) is 0 Å². The van der Waals surface area contributed by atoms with Crippen LogP contribution in [0.25, 0.3) is 10.9 Å². The number of aryl methyl sites for hydroxylation is 3. The monoisotopic (exact) mass is 545 g/mol. The number of carbonyl (C=O) groups excluding carboxylic acids is 2. The summed E-state index contributed by atoms with van der Waals surface area (Å²) in [6.45, 7) is 9.02. The smallest absolute Gasteiger partial charge is 0.256 e. The van der Waals surface area contributed by atoms with E-state index in [0.29, 0.717) is 26.2 Å². The summed E-state index contributed by atoms with van der Waals surface area (Å²) in [4.78, 5) is 28.1. The number of carbonyl (C=O) groups is 2. The van der Waals surface area contributed by atoms with E-state index in [1.54, 1.807) is 18.1 Å². The number of likely N-dealkylation sites (N-methyl/N-ethyl adjacent to an activating group) is 2. The Labute approximate surface area is 229 Å². The van der Waals surface area contributed by atoms with Gasteiger partial charge < -0.3 is 15.5 Å². The van der Waals surface area contributed by atoms with Crippen molar-refractivity contribution in [1.29, 1.82) is 0 Å². The zero-order chi connectivity index (χ0) is 26.7. The summed E-state index contributed by atoms with van der Waals surface area (Å²) >= 11 is 0. The first-order valence-corrected chi connectivity index (χ1v) is 12.6. The fourth-order valence-corrected chi connectivity index (χ4v) is 4.82. The Hall–Kier alpha value is -3.21. The Kier molecular flexibility index (Phi) is 9.70. The van der Waals surface area contributed by atoms with E-state index in [0.717, 1.165) is 45.5 Å². The predicted octanol–water partition coefficient (Wildman–Crippen LogP) is 2.67. The number of benzene rings is 2. The minimum Gasteiger partial charge on any atom is -0.353 e. The Morgan fingerprint density at radius 1 is 1.08 bits per heavy atom. The molecule has 11 heteroatoms. The lowest BCUT2D eigenvalue weighted by Gasteiger charge is -2.32. The van der Waals surface area contributed by atoms with Gasteiger partial charge in [-0.1, -0.05) is 13.0 Å². The second-order valence-corrected chi connectivity index (χ2v) is 9.58. The van der Waals surface area contributed by atoms with E-state index in [4.69, 9.17) is 0 Å². The van der Waals surface area contributed by atoms with Crippen LogP contribution in [0.15, 0.2) is 30.3 Å². The number of rotatable bonds is 10. The van der Waals surface area contributed by atoms with Crippen LogP contribution in [0.2, 0.25) is 0 Å². The number of nitrogens with zero attached hydrogens (tertiary/aromatic N) is 5. The summed E-state index contributed by atoms with van der Waals surface area (Å²) in [5, 5.41) is 15.1. The van der Waals surface area contributed by atoms with Gasteiger partial charge in [0.15, 0.2) is 0 Å². The molecule has 2 N–H and O–H groups in total. The van der Waals surface area contributed by atoms with E-state index in [1.807, 2.05) is 54.5 Å². The van der Waals surface area contributed by atoms with E-state index in [9.17, 15) is 14.0 Å². The molecule has 206 valence electrons. The molecule has 0 aliphatic carbocycles. The Bertz CT molecular complexity index is 1310. The molecule has 2 aromatic carbocycles. The first kappa shape index (κ1) is 29.3. The van der Waals surface area contributed by atoms with Gasteiger partial charge in [0, 0.05) is 51.3 Å². The summed E-state index contributed by atoms with van der Waals surface area (Å²) in [7, 11) is 3.63. The molecule has 2 amide bonds. The molecule has 0 bridgehead atoms. The highest BCUT2D eigenvalue weighted by molar-refractivity contribution is 5.91. The minimum atomic E-state index is -0.280. The van der Waals surface area contributed by atoms with Crippen LogP contribution < -0.4 is 15.5 Å². The molecule has 0 spiro atoms. The number of halogens is 2. The van der Waals surface area contributed by atoms with E-state index >= 15 is 0 Å². The van der Waals surface area contributed by atoms with Gasteiger partial charge in [0.25, 0.3) is 5.91 Å². The van der Waals surface area contributed by atoms with Crippen LogP contribution >= 0.6 is 12.4 Å². The van der Waals surface area contributed by atoms with Crippen molar-refractivity contribution in [2.24, 2.45) is 7.05 Å². The zero-order valence-electron chi connectivity index (χ0n) is 22.7. The maximum absolute atomic E-state index is 13.7. The van der Waals surface area contributed by atoms with Crippen LogP contribution in [0.4, 0.5) is 10.1 Å². The van der Waals surface area contributed by atoms with Crippen LogP contribution in [-0.4, -0.2) is 71.4 Å². The van der Waals surface area contributed by atoms with Crippen LogP contribution in [0.3, 0.4) is 0 Å². The number of amides is 2. The molecular weight excluding hydrogens is 509 g/mol. The van der Waals surface area contributed by atoms with Crippen molar-refractivity contribution in [2.75, 3.05) is 44.7 Å². The fourth-order valence-electron chi connectivity index (χ4n) is 4.82. The highest BCUT2D eigenvalue weighted by Crippen LogP contribution is 2.29. The highest BCUT2D eigenvalue weighted by atomic mass is 35.5. The summed E-state index contributed by atoms with van der Waals surface area (Å²) in [6.07, 6.45) is 0. The minimum absolute atomic E-state index is 0. The average Bonchev–Trinajstić information content (AvgIpc) is 3.40. The van der Waals surface area contributed by atoms with Gasteiger partial charge in [0.05, 0.1) is 24.3 Å². The molecule has 1 aliphatic heterocycles. The van der Waals surface area contributed by atoms with Gasteiger partial charge in [-0.2, -0.15) is 5.10 Å². The Morgan fingerprint density at radius 2 is 1.82 bits per heavy atom. The molecule has 0 saturated carbocycles. The summed E-state index contributed by atoms with van der Waals surface area (Å²) in [5.41, 5.74) is 5.55. The third-order valence-electron chi connectivity index (χ3n) is 6.89. The molecule has 4 rings (SSSR count). The number of nitrogens with one attached hydrogen (secondary N) is 2. The van der Waals surface area contributed by atoms with Crippen molar-refractivity contribution in [3.05, 3.63) is 58.5 Å². The SMILES string of the molecule is CCNCCNC(=O)CN(CC(=O)N(C)N1Cc2ccc(F)cc2C1)c1cc2c(C)nn(C)c2cc1C.Cl. The number of fused-ring (bicyclic) bond motifs is 2. The summed E-state index contributed by atoms with van der Waals surface area (Å²) in [6, 6.07) is 8.79. The highest BCUT2D eigenvalue weighted by Gasteiger charge is 2.27. The second kappa shape index (κ2) is 12.6. The maximum atomic E-state index is 13.7. The first-order chi connectivity index (χ1) is 17.7. The van der Waals surface area contributed by atoms with Crippen LogP contribution in [-0.2, 0) is 29.7 Å². The molecule has 0 atom stereocenters. The summed E-state index contributed by atoms with van der Waals surface area (Å²) in [5.74, 6) is -0.589. The average molecular weight is 546 g/mol. The molecule has 0 radical (unpaired) electrons. The molecule has 2 heterocycles. The lowest BCUT2D eigenvalue weighted by Crippen LogP contribution is -2.48. The Balaban J connectivity index is 0.00000400. The maximum Gasteiger partial charge on any atom is 0.256 e. The molecule has 0 unspecified atom stereocenters. The lowest BCUT2D eigenvalue weighted by molar-refractivity contribution is -0.145. The zero-order valence-corrected chi connectivity index (χ0v) is 23.5. The third-order valence-corrected chi connectivity index (χ3v) is 6.89. The van der Waals surface area contributed by atoms with Gasteiger partial charge >= 0.3 is 0 Å². The normalized spacial score (nSPS) is 12.8. The molecule has 0 saturated heterocycles. The lowest BCUT2D eigenvalue weighted by atomic mass is 10.1. The second-order valence-electron chi connectivity index (χ2n) is 9.58. The standard InChI is InChI=1S/C27H36FN7O2.ClH/c1-6-29-9-10-30-26(36)16-34(24-13-23-19(3)31-32(4)25(23)11-18(24)2)17-27(37)33(5)35-14-20-7-8-22(28)12-21(20)15-35;/h7-8,11-13,29H,6,9-10,14-17H2,1-5H3,(H,30,36);1H. The van der Waals surface area contributed by atoms with E-state index < -0.39 is 0 Å². The quantitative estimate of drug-likeness (QED) is 0.381. The van der Waals surface area contributed by atoms with Crippen molar-refractivity contribution in [3.63, 3.8) is 0 Å². The third kappa shape index (κ3) is 6.43. The van der Waals surface area contributed by atoms with Crippen molar-refractivity contribution >= 4 is 40.8 Å². The molecule has 1 aliphatic rings. The molecule has 3 aromatic rings. The molecule has 38 heavy (non-hydrogen) atoms. The van der Waals surface area contributed by atoms with Crippen molar-refractivity contribution in [2.45, 2.75) is 33.9 Å². The van der Waals surface area contributed by atoms with Gasteiger partial charge in [0.1, 0.15) is 5.82 Å². The summed E-state index contributed by atoms with van der Waals surface area (Å²) < 4.78 is 15.5. The van der Waals surface area contributed by atoms with Gasteiger partial charge in [0.2, 0.25) is 5.91 Å². The van der Waals surface area contributed by atoms with Crippen LogP contribution in [0.1, 0.15) is 29.3 Å². The van der Waals surface area contributed by atoms with E-state index in [-0.39, 0.29) is 43.1 Å². The molecule has 0 fully saturated rings. The topological polar surface area (TPSA) is 85.7 Å². The van der Waals surface area contributed by atoms with E-state index in [2.05, 4.69) is 15.7 Å².